The molecule has 1 aliphatic heterocycles. The van der Waals surface area contributed by atoms with Gasteiger partial charge in [0.15, 0.2) is 5.17 Å². The van der Waals surface area contributed by atoms with E-state index in [1.165, 1.54) is 4.90 Å². The van der Waals surface area contributed by atoms with E-state index in [0.29, 0.717) is 33.4 Å². The molecule has 1 heterocycles. The van der Waals surface area contributed by atoms with Crippen molar-refractivity contribution in [2.75, 3.05) is 11.9 Å². The second-order valence-corrected chi connectivity index (χ2v) is 13.1. The Morgan fingerprint density at radius 2 is 1.56 bits per heavy atom. The van der Waals surface area contributed by atoms with Crippen LogP contribution in [0.5, 0.6) is 0 Å². The number of hydrogen-bond donors (Lipinski definition) is 4. The number of ether oxygens (including phenoxy) is 2. The zero-order valence-electron chi connectivity index (χ0n) is 25.6. The molecule has 0 aromatic heterocycles. The van der Waals surface area contributed by atoms with Gasteiger partial charge in [-0.15, -0.1) is 12.6 Å². The van der Waals surface area contributed by atoms with Crippen molar-refractivity contribution in [2.24, 2.45) is 4.99 Å². The highest BCUT2D eigenvalue weighted by Crippen LogP contribution is 2.37. The largest absolute Gasteiger partial charge is 0.444 e. The first-order chi connectivity index (χ1) is 19.9. The summed E-state index contributed by atoms with van der Waals surface area (Å²) in [6.45, 7) is 12.4. The molecule has 3 amide bonds. The van der Waals surface area contributed by atoms with Crippen LogP contribution in [0.3, 0.4) is 0 Å². The fraction of sp³-hybridized carbons (Fsp3) is 0.367. The number of amides is 3. The summed E-state index contributed by atoms with van der Waals surface area (Å²) in [5, 5.41) is 13.5. The fourth-order valence-corrected chi connectivity index (χ4v) is 5.05. The normalized spacial score (nSPS) is 14.7. The van der Waals surface area contributed by atoms with Gasteiger partial charge in [0, 0.05) is 17.6 Å². The number of benzene rings is 2. The summed E-state index contributed by atoms with van der Waals surface area (Å²) < 4.78 is 10.6. The van der Waals surface area contributed by atoms with E-state index < -0.39 is 23.4 Å². The van der Waals surface area contributed by atoms with Crippen LogP contribution in [0.1, 0.15) is 54.0 Å². The minimum absolute atomic E-state index is 0.162. The van der Waals surface area contributed by atoms with Crippen LogP contribution >= 0.6 is 24.4 Å². The van der Waals surface area contributed by atoms with Gasteiger partial charge in [0.1, 0.15) is 11.2 Å². The number of anilines is 1. The number of thioether (sulfide) groups is 1. The Bertz CT molecular complexity index is 1430. The first-order valence-electron chi connectivity index (χ1n) is 13.4. The molecule has 0 saturated carbocycles. The fourth-order valence-electron chi connectivity index (χ4n) is 3.76. The van der Waals surface area contributed by atoms with Gasteiger partial charge in [0.25, 0.3) is 5.91 Å². The van der Waals surface area contributed by atoms with Gasteiger partial charge in [-0.1, -0.05) is 30.3 Å². The number of hydrogen-bond acceptors (Lipinski definition) is 10. The second-order valence-electron chi connectivity index (χ2n) is 11.6. The lowest BCUT2D eigenvalue weighted by atomic mass is 10.2. The van der Waals surface area contributed by atoms with Crippen molar-refractivity contribution in [3.63, 3.8) is 0 Å². The first kappa shape index (κ1) is 33.5. The van der Waals surface area contributed by atoms with Crippen LogP contribution in [-0.4, -0.2) is 52.4 Å². The SMILES string of the molecule is C/C(=C1\SC(=N)N(Cc2ccccc2)C1=O)N(C)c1ccc(N=C(NC(=O)OC(C)(C)C)NC(=O)OC(C)(C)C)cc1S. The Balaban J connectivity index is 1.85. The number of thiol groups is 1. The van der Waals surface area contributed by atoms with Gasteiger partial charge in [0.05, 0.1) is 22.8 Å². The van der Waals surface area contributed by atoms with E-state index in [9.17, 15) is 14.4 Å². The Morgan fingerprint density at radius 1 is 1.00 bits per heavy atom. The number of aliphatic imine (C=N–C) groups is 1. The van der Waals surface area contributed by atoms with Gasteiger partial charge in [-0.25, -0.2) is 14.6 Å². The first-order valence-corrected chi connectivity index (χ1v) is 14.7. The third kappa shape index (κ3) is 9.79. The maximum atomic E-state index is 13.3. The Kier molecular flexibility index (Phi) is 10.6. The summed E-state index contributed by atoms with van der Waals surface area (Å²) in [5.74, 6) is -0.433. The van der Waals surface area contributed by atoms with Crippen molar-refractivity contribution >= 4 is 65.0 Å². The van der Waals surface area contributed by atoms with Crippen molar-refractivity contribution in [3.05, 3.63) is 64.7 Å². The van der Waals surface area contributed by atoms with Gasteiger partial charge < -0.3 is 14.4 Å². The summed E-state index contributed by atoms with van der Waals surface area (Å²) in [6.07, 6.45) is -1.62. The Labute approximate surface area is 262 Å². The second kappa shape index (κ2) is 13.6. The van der Waals surface area contributed by atoms with Gasteiger partial charge in [0.2, 0.25) is 5.96 Å². The van der Waals surface area contributed by atoms with Gasteiger partial charge in [-0.05, 0) is 84.0 Å². The van der Waals surface area contributed by atoms with Crippen molar-refractivity contribution in [1.82, 2.24) is 15.5 Å². The highest BCUT2D eigenvalue weighted by atomic mass is 32.2. The van der Waals surface area contributed by atoms with Crippen LogP contribution in [0.25, 0.3) is 0 Å². The van der Waals surface area contributed by atoms with E-state index in [0.717, 1.165) is 17.3 Å². The van der Waals surface area contributed by atoms with E-state index in [4.69, 9.17) is 14.9 Å². The number of amidine groups is 1. The number of carbonyl (C=O) groups is 3. The zero-order valence-corrected chi connectivity index (χ0v) is 27.3. The molecule has 2 aromatic rings. The van der Waals surface area contributed by atoms with Crippen LogP contribution in [-0.2, 0) is 20.8 Å². The standard InChI is InChI=1S/C30H38N6O5S2/c1-18(23-24(37)36(25(31)43-23)17-19-12-10-9-11-13-19)35(8)21-15-14-20(16-22(21)42)32-26(33-27(38)40-29(2,3)4)34-28(39)41-30(5,6)7/h9-16,31,42H,17H2,1-8H3,(H2,32,33,34,38,39)/b23-18+,31-25?. The molecule has 230 valence electrons. The molecule has 13 heteroatoms. The molecule has 0 atom stereocenters. The number of rotatable bonds is 5. The number of nitrogens with zero attached hydrogens (tertiary/aromatic N) is 3. The molecule has 0 bridgehead atoms. The van der Waals surface area contributed by atoms with Crippen LogP contribution in [0.4, 0.5) is 21.0 Å². The smallest absolute Gasteiger partial charge is 0.414 e. The predicted octanol–water partition coefficient (Wildman–Crippen LogP) is 6.39. The molecule has 3 rings (SSSR count). The molecular formula is C30H38N6O5S2. The van der Waals surface area contributed by atoms with Crippen LogP contribution in [0, 0.1) is 5.41 Å². The quantitative estimate of drug-likeness (QED) is 0.131. The minimum Gasteiger partial charge on any atom is -0.444 e. The molecular weight excluding hydrogens is 589 g/mol. The third-order valence-corrected chi connectivity index (χ3v) is 7.14. The van der Waals surface area contributed by atoms with E-state index in [1.807, 2.05) is 42.2 Å². The molecule has 0 unspecified atom stereocenters. The summed E-state index contributed by atoms with van der Waals surface area (Å²) in [6, 6.07) is 14.6. The number of guanidine groups is 1. The minimum atomic E-state index is -0.808. The van der Waals surface area contributed by atoms with E-state index >= 15 is 0 Å². The topological polar surface area (TPSA) is 136 Å². The monoisotopic (exact) mass is 626 g/mol. The number of alkyl carbamates (subject to hydrolysis) is 2. The molecule has 0 spiro atoms. The molecule has 0 aliphatic carbocycles. The maximum absolute atomic E-state index is 13.3. The van der Waals surface area contributed by atoms with Gasteiger partial charge in [-0.2, -0.15) is 0 Å². The molecule has 1 fully saturated rings. The van der Waals surface area contributed by atoms with Gasteiger partial charge in [-0.3, -0.25) is 25.7 Å². The summed E-state index contributed by atoms with van der Waals surface area (Å²) >= 11 is 5.76. The average Bonchev–Trinajstić information content (AvgIpc) is 3.14. The van der Waals surface area contributed by atoms with Crippen LogP contribution < -0.4 is 15.5 Å². The highest BCUT2D eigenvalue weighted by Gasteiger charge is 2.35. The van der Waals surface area contributed by atoms with Crippen molar-refractivity contribution in [3.8, 4) is 0 Å². The lowest BCUT2D eigenvalue weighted by Crippen LogP contribution is -2.47. The van der Waals surface area contributed by atoms with Crippen molar-refractivity contribution < 1.29 is 23.9 Å². The van der Waals surface area contributed by atoms with Gasteiger partial charge >= 0.3 is 12.2 Å². The number of nitrogens with one attached hydrogen (secondary N) is 3. The summed E-state index contributed by atoms with van der Waals surface area (Å²) in [7, 11) is 1.80. The number of allylic oxidation sites excluding steroid dienone is 1. The van der Waals surface area contributed by atoms with E-state index in [1.54, 1.807) is 66.8 Å². The van der Waals surface area contributed by atoms with Crippen molar-refractivity contribution in [1.29, 1.82) is 5.41 Å². The lowest BCUT2D eigenvalue weighted by Gasteiger charge is -2.23. The molecule has 2 aromatic carbocycles. The average molecular weight is 627 g/mol. The molecule has 1 saturated heterocycles. The predicted molar refractivity (Wildman–Crippen MR) is 173 cm³/mol. The summed E-state index contributed by atoms with van der Waals surface area (Å²) in [5.41, 5.74) is 1.10. The van der Waals surface area contributed by atoms with Crippen LogP contribution in [0.15, 0.2) is 69.0 Å². The zero-order chi connectivity index (χ0) is 32.1. The third-order valence-electron chi connectivity index (χ3n) is 5.70. The van der Waals surface area contributed by atoms with Crippen molar-refractivity contribution in [2.45, 2.75) is 71.1 Å². The van der Waals surface area contributed by atoms with E-state index in [2.05, 4.69) is 28.3 Å². The van der Waals surface area contributed by atoms with Crippen LogP contribution in [0.2, 0.25) is 0 Å². The molecule has 43 heavy (non-hydrogen) atoms. The Hall–Kier alpha value is -3.97. The highest BCUT2D eigenvalue weighted by molar-refractivity contribution is 8.18. The molecule has 3 N–H and O–H groups in total. The molecule has 1 aliphatic rings. The maximum Gasteiger partial charge on any atom is 0.414 e. The number of carbonyl (C=O) groups excluding carboxylic acids is 3. The lowest BCUT2D eigenvalue weighted by molar-refractivity contribution is -0.122. The van der Waals surface area contributed by atoms with E-state index in [-0.39, 0.29) is 17.0 Å². The molecule has 0 radical (unpaired) electrons. The Morgan fingerprint density at radius 3 is 2.07 bits per heavy atom. The molecule has 11 nitrogen and oxygen atoms in total. The summed E-state index contributed by atoms with van der Waals surface area (Å²) in [4.78, 5) is 46.7.